The molecule has 3 heteroatoms. The summed E-state index contributed by atoms with van der Waals surface area (Å²) in [6.07, 6.45) is 2.81. The first-order valence-corrected chi connectivity index (χ1v) is 6.83. The second-order valence-corrected chi connectivity index (χ2v) is 5.58. The first kappa shape index (κ1) is 13.4. The lowest BCUT2D eigenvalue weighted by atomic mass is 10.1. The van der Waals surface area contributed by atoms with E-state index in [0.717, 1.165) is 25.1 Å². The zero-order valence-electron chi connectivity index (χ0n) is 11.2. The van der Waals surface area contributed by atoms with Gasteiger partial charge < -0.3 is 9.73 Å². The molecule has 0 aliphatic carbocycles. The van der Waals surface area contributed by atoms with Gasteiger partial charge in [0.05, 0.1) is 11.3 Å². The molecule has 98 valence electrons. The summed E-state index contributed by atoms with van der Waals surface area (Å²) in [7, 11) is 0. The number of fused-ring (bicyclic) bond motifs is 1. The Balaban J connectivity index is 2.12. The van der Waals surface area contributed by atoms with Crippen LogP contribution in [0, 0.1) is 12.8 Å². The first-order chi connectivity index (χ1) is 8.59. The average molecular weight is 266 g/mol. The summed E-state index contributed by atoms with van der Waals surface area (Å²) in [6, 6.07) is 3.94. The van der Waals surface area contributed by atoms with Crippen molar-refractivity contribution in [1.29, 1.82) is 0 Å². The van der Waals surface area contributed by atoms with Gasteiger partial charge in [0, 0.05) is 5.39 Å². The van der Waals surface area contributed by atoms with Crippen LogP contribution in [0.3, 0.4) is 0 Å². The van der Waals surface area contributed by atoms with Gasteiger partial charge in [-0.05, 0) is 49.5 Å². The second kappa shape index (κ2) is 5.77. The van der Waals surface area contributed by atoms with Crippen LogP contribution in [0.15, 0.2) is 22.8 Å². The van der Waals surface area contributed by atoms with Crippen LogP contribution in [0.2, 0.25) is 5.02 Å². The molecule has 1 N–H and O–H groups in total. The summed E-state index contributed by atoms with van der Waals surface area (Å²) in [4.78, 5) is 0. The third kappa shape index (κ3) is 2.88. The molecular weight excluding hydrogens is 246 g/mol. The van der Waals surface area contributed by atoms with Crippen molar-refractivity contribution in [3.63, 3.8) is 0 Å². The van der Waals surface area contributed by atoms with E-state index in [2.05, 4.69) is 26.1 Å². The smallest absolute Gasteiger partial charge is 0.152 e. The molecule has 18 heavy (non-hydrogen) atoms. The summed E-state index contributed by atoms with van der Waals surface area (Å²) in [5.74, 6) is 0.683. The van der Waals surface area contributed by atoms with Gasteiger partial charge in [-0.2, -0.15) is 0 Å². The Labute approximate surface area is 113 Å². The number of aryl methyl sites for hydroxylation is 1. The van der Waals surface area contributed by atoms with Crippen molar-refractivity contribution in [2.45, 2.75) is 27.2 Å². The second-order valence-electron chi connectivity index (χ2n) is 5.18. The molecule has 0 saturated heterocycles. The summed E-state index contributed by atoms with van der Waals surface area (Å²) >= 11 is 6.14. The fourth-order valence-electron chi connectivity index (χ4n) is 2.16. The Morgan fingerprint density at radius 3 is 2.83 bits per heavy atom. The minimum absolute atomic E-state index is 0.683. The van der Waals surface area contributed by atoms with Gasteiger partial charge in [-0.3, -0.25) is 0 Å². The molecule has 0 amide bonds. The predicted molar refractivity (Wildman–Crippen MR) is 77.4 cm³/mol. The number of halogens is 1. The quantitative estimate of drug-likeness (QED) is 0.821. The van der Waals surface area contributed by atoms with Gasteiger partial charge in [-0.15, -0.1) is 0 Å². The molecule has 0 atom stereocenters. The topological polar surface area (TPSA) is 25.2 Å². The summed E-state index contributed by atoms with van der Waals surface area (Å²) in [5.41, 5.74) is 3.28. The SMILES string of the molecule is Cc1ccc(Cl)c2occ(CCNCC(C)C)c12. The van der Waals surface area contributed by atoms with E-state index in [0.29, 0.717) is 10.9 Å². The fraction of sp³-hybridized carbons (Fsp3) is 0.467. The van der Waals surface area contributed by atoms with E-state index < -0.39 is 0 Å². The van der Waals surface area contributed by atoms with Crippen LogP contribution in [-0.2, 0) is 6.42 Å². The van der Waals surface area contributed by atoms with Crippen LogP contribution in [0.1, 0.15) is 25.0 Å². The third-order valence-corrected chi connectivity index (χ3v) is 3.38. The number of hydrogen-bond acceptors (Lipinski definition) is 2. The highest BCUT2D eigenvalue weighted by Gasteiger charge is 2.11. The Bertz CT molecular complexity index is 531. The van der Waals surface area contributed by atoms with Crippen LogP contribution in [0.4, 0.5) is 0 Å². The van der Waals surface area contributed by atoms with Crippen molar-refractivity contribution in [3.05, 3.63) is 34.5 Å². The molecule has 2 rings (SSSR count). The standard InChI is InChI=1S/C15H20ClNO/c1-10(2)8-17-7-6-12-9-18-15-13(16)5-4-11(3)14(12)15/h4-5,9-10,17H,6-8H2,1-3H3. The molecule has 1 heterocycles. The zero-order chi connectivity index (χ0) is 13.1. The Kier molecular flexibility index (Phi) is 4.31. The van der Waals surface area contributed by atoms with Crippen LogP contribution < -0.4 is 5.32 Å². The van der Waals surface area contributed by atoms with Gasteiger partial charge in [0.15, 0.2) is 5.58 Å². The van der Waals surface area contributed by atoms with Crippen molar-refractivity contribution >= 4 is 22.6 Å². The van der Waals surface area contributed by atoms with E-state index in [9.17, 15) is 0 Å². The summed E-state index contributed by atoms with van der Waals surface area (Å²) in [6.45, 7) is 8.54. The van der Waals surface area contributed by atoms with Gasteiger partial charge in [-0.1, -0.05) is 31.5 Å². The molecule has 0 fully saturated rings. The van der Waals surface area contributed by atoms with Crippen molar-refractivity contribution < 1.29 is 4.42 Å². The fourth-order valence-corrected chi connectivity index (χ4v) is 2.36. The number of rotatable bonds is 5. The summed E-state index contributed by atoms with van der Waals surface area (Å²) in [5, 5.41) is 5.31. The predicted octanol–water partition coefficient (Wildman–Crippen LogP) is 4.18. The van der Waals surface area contributed by atoms with Gasteiger partial charge >= 0.3 is 0 Å². The molecule has 2 aromatic rings. The maximum absolute atomic E-state index is 6.14. The number of furan rings is 1. The molecule has 1 aromatic heterocycles. The van der Waals surface area contributed by atoms with E-state index in [1.807, 2.05) is 18.4 Å². The highest BCUT2D eigenvalue weighted by Crippen LogP contribution is 2.30. The maximum atomic E-state index is 6.14. The van der Waals surface area contributed by atoms with E-state index in [-0.39, 0.29) is 0 Å². The van der Waals surface area contributed by atoms with Crippen LogP contribution in [0.5, 0.6) is 0 Å². The minimum atomic E-state index is 0.683. The molecule has 0 radical (unpaired) electrons. The van der Waals surface area contributed by atoms with Crippen LogP contribution in [-0.4, -0.2) is 13.1 Å². The van der Waals surface area contributed by atoms with Gasteiger partial charge in [-0.25, -0.2) is 0 Å². The van der Waals surface area contributed by atoms with Gasteiger partial charge in [0.2, 0.25) is 0 Å². The highest BCUT2D eigenvalue weighted by molar-refractivity contribution is 6.35. The lowest BCUT2D eigenvalue weighted by Crippen LogP contribution is -2.22. The third-order valence-electron chi connectivity index (χ3n) is 3.08. The molecule has 0 saturated carbocycles. The highest BCUT2D eigenvalue weighted by atomic mass is 35.5. The summed E-state index contributed by atoms with van der Waals surface area (Å²) < 4.78 is 5.58. The molecule has 0 bridgehead atoms. The first-order valence-electron chi connectivity index (χ1n) is 6.45. The van der Waals surface area contributed by atoms with Crippen LogP contribution >= 0.6 is 11.6 Å². The Morgan fingerprint density at radius 2 is 2.11 bits per heavy atom. The monoisotopic (exact) mass is 265 g/mol. The van der Waals surface area contributed by atoms with Gasteiger partial charge in [0.25, 0.3) is 0 Å². The Hall–Kier alpha value is -0.990. The van der Waals surface area contributed by atoms with E-state index in [4.69, 9.17) is 16.0 Å². The van der Waals surface area contributed by atoms with Crippen molar-refractivity contribution in [2.75, 3.05) is 13.1 Å². The normalized spacial score (nSPS) is 11.6. The molecule has 2 nitrogen and oxygen atoms in total. The lowest BCUT2D eigenvalue weighted by molar-refractivity contribution is 0.552. The minimum Gasteiger partial charge on any atom is -0.462 e. The molecule has 0 aliphatic rings. The molecule has 0 unspecified atom stereocenters. The largest absolute Gasteiger partial charge is 0.462 e. The number of hydrogen-bond donors (Lipinski definition) is 1. The molecular formula is C15H20ClNO. The average Bonchev–Trinajstić information content (AvgIpc) is 2.74. The maximum Gasteiger partial charge on any atom is 0.152 e. The zero-order valence-corrected chi connectivity index (χ0v) is 12.0. The van der Waals surface area contributed by atoms with E-state index >= 15 is 0 Å². The molecule has 1 aromatic carbocycles. The number of nitrogens with one attached hydrogen (secondary N) is 1. The number of benzene rings is 1. The van der Waals surface area contributed by atoms with Crippen molar-refractivity contribution in [3.8, 4) is 0 Å². The van der Waals surface area contributed by atoms with Crippen molar-refractivity contribution in [1.82, 2.24) is 5.32 Å². The molecule has 0 aliphatic heterocycles. The van der Waals surface area contributed by atoms with Crippen LogP contribution in [0.25, 0.3) is 11.0 Å². The van der Waals surface area contributed by atoms with Crippen molar-refractivity contribution in [2.24, 2.45) is 5.92 Å². The molecule has 0 spiro atoms. The van der Waals surface area contributed by atoms with Gasteiger partial charge in [0.1, 0.15) is 0 Å². The lowest BCUT2D eigenvalue weighted by Gasteiger charge is -2.06. The van der Waals surface area contributed by atoms with E-state index in [1.54, 1.807) is 0 Å². The Morgan fingerprint density at radius 1 is 1.33 bits per heavy atom. The van der Waals surface area contributed by atoms with E-state index in [1.165, 1.54) is 16.5 Å².